The molecule has 0 fully saturated rings. The summed E-state index contributed by atoms with van der Waals surface area (Å²) >= 11 is 0. The van der Waals surface area contributed by atoms with Crippen LogP contribution in [0.3, 0.4) is 0 Å². The van der Waals surface area contributed by atoms with E-state index >= 15 is 0 Å². The molecule has 0 unspecified atom stereocenters. The van der Waals surface area contributed by atoms with Gasteiger partial charge in [0.25, 0.3) is 5.91 Å². The summed E-state index contributed by atoms with van der Waals surface area (Å²) in [4.78, 5) is 25.2. The van der Waals surface area contributed by atoms with E-state index in [0.717, 1.165) is 11.0 Å². The number of anilines is 1. The molecule has 2 N–H and O–H groups in total. The predicted octanol–water partition coefficient (Wildman–Crippen LogP) is 3.52. The van der Waals surface area contributed by atoms with E-state index in [2.05, 4.69) is 5.32 Å². The maximum absolute atomic E-state index is 13.3. The highest BCUT2D eigenvalue weighted by Crippen LogP contribution is 2.37. The smallest absolute Gasteiger partial charge is 0.418 e. The Morgan fingerprint density at radius 3 is 2.35 bits per heavy atom. The Morgan fingerprint density at radius 1 is 1.13 bits per heavy atom. The fraction of sp³-hybridized carbons (Fsp3) is 0.364. The van der Waals surface area contributed by atoms with Crippen molar-refractivity contribution in [3.8, 4) is 5.75 Å². The molecule has 0 radical (unpaired) electrons. The van der Waals surface area contributed by atoms with Gasteiger partial charge in [-0.2, -0.15) is 13.2 Å². The van der Waals surface area contributed by atoms with Gasteiger partial charge in [0.05, 0.1) is 17.9 Å². The summed E-state index contributed by atoms with van der Waals surface area (Å²) in [6.07, 6.45) is -4.34. The van der Waals surface area contributed by atoms with Crippen molar-refractivity contribution in [1.29, 1.82) is 0 Å². The highest BCUT2D eigenvalue weighted by atomic mass is 19.4. The Balaban J connectivity index is 1.91. The molecule has 0 aliphatic rings. The number of para-hydroxylation sites is 1. The number of benzene rings is 2. The number of hydrogen-bond acceptors (Lipinski definition) is 4. The lowest BCUT2D eigenvalue weighted by Gasteiger charge is -2.30. The molecule has 0 saturated carbocycles. The summed E-state index contributed by atoms with van der Waals surface area (Å²) in [6.45, 7) is 2.66. The third kappa shape index (κ3) is 6.99. The molecule has 0 spiro atoms. The maximum Gasteiger partial charge on any atom is 0.418 e. The minimum absolute atomic E-state index is 0.0936. The van der Waals surface area contributed by atoms with Crippen LogP contribution in [0.25, 0.3) is 0 Å². The molecule has 0 bridgehead atoms. The first kappa shape index (κ1) is 24.2. The molecule has 0 aliphatic carbocycles. The van der Waals surface area contributed by atoms with Gasteiger partial charge in [-0.15, -0.1) is 0 Å². The number of amides is 2. The van der Waals surface area contributed by atoms with E-state index < -0.39 is 29.6 Å². The first-order valence-corrected chi connectivity index (χ1v) is 9.68. The summed E-state index contributed by atoms with van der Waals surface area (Å²) in [5, 5.41) is 11.6. The van der Waals surface area contributed by atoms with Crippen molar-refractivity contribution < 1.29 is 32.6 Å². The minimum Gasteiger partial charge on any atom is -0.484 e. The molecule has 0 saturated heterocycles. The van der Waals surface area contributed by atoms with Crippen molar-refractivity contribution >= 4 is 17.5 Å². The quantitative estimate of drug-likeness (QED) is 0.628. The molecule has 6 nitrogen and oxygen atoms in total. The largest absolute Gasteiger partial charge is 0.484 e. The number of nitrogens with zero attached hydrogens (tertiary/aromatic N) is 1. The van der Waals surface area contributed by atoms with Crippen LogP contribution in [-0.2, 0) is 22.4 Å². The van der Waals surface area contributed by atoms with Crippen molar-refractivity contribution in [3.63, 3.8) is 0 Å². The number of hydrogen-bond donors (Lipinski definition) is 2. The Hall–Kier alpha value is -3.07. The molecule has 2 aromatic carbocycles. The van der Waals surface area contributed by atoms with E-state index in [1.165, 1.54) is 25.1 Å². The number of carbonyl (C=O) groups excluding carboxylic acids is 2. The number of aliphatic hydroxyl groups excluding tert-OH is 1. The van der Waals surface area contributed by atoms with Crippen LogP contribution in [0.1, 0.15) is 31.4 Å². The van der Waals surface area contributed by atoms with Crippen molar-refractivity contribution in [1.82, 2.24) is 5.32 Å². The third-order valence-electron chi connectivity index (χ3n) is 4.61. The monoisotopic (exact) mass is 438 g/mol. The van der Waals surface area contributed by atoms with Crippen LogP contribution < -0.4 is 15.0 Å². The summed E-state index contributed by atoms with van der Waals surface area (Å²) in [5.74, 6) is -0.457. The molecule has 2 amide bonds. The second-order valence-electron chi connectivity index (χ2n) is 6.98. The average Bonchev–Trinajstić information content (AvgIpc) is 2.72. The topological polar surface area (TPSA) is 78.9 Å². The number of rotatable bonds is 9. The number of halogens is 3. The average molecular weight is 438 g/mol. The van der Waals surface area contributed by atoms with Crippen LogP contribution >= 0.6 is 0 Å². The molecule has 0 aromatic heterocycles. The van der Waals surface area contributed by atoms with Crippen molar-refractivity contribution in [2.75, 3.05) is 18.1 Å². The summed E-state index contributed by atoms with van der Waals surface area (Å²) in [5.41, 5.74) is -0.384. The second-order valence-corrected chi connectivity index (χ2v) is 6.98. The van der Waals surface area contributed by atoms with E-state index in [-0.39, 0.29) is 31.9 Å². The molecular weight excluding hydrogens is 413 g/mol. The van der Waals surface area contributed by atoms with Crippen LogP contribution in [0.4, 0.5) is 18.9 Å². The highest BCUT2D eigenvalue weighted by molar-refractivity contribution is 5.93. The van der Waals surface area contributed by atoms with Gasteiger partial charge in [-0.05, 0) is 43.2 Å². The molecular formula is C22H25F3N2O4. The third-order valence-corrected chi connectivity index (χ3v) is 4.61. The summed E-state index contributed by atoms with van der Waals surface area (Å²) in [6, 6.07) is 10.9. The first-order valence-electron chi connectivity index (χ1n) is 9.68. The van der Waals surface area contributed by atoms with Crippen LogP contribution in [0.2, 0.25) is 0 Å². The number of nitrogens with one attached hydrogen (secondary N) is 1. The number of aliphatic hydroxyl groups is 1. The van der Waals surface area contributed by atoms with E-state index in [1.807, 2.05) is 0 Å². The number of ether oxygens (including phenoxy) is 1. The highest BCUT2D eigenvalue weighted by Gasteiger charge is 2.36. The van der Waals surface area contributed by atoms with Gasteiger partial charge in [0.15, 0.2) is 6.61 Å². The molecule has 168 valence electrons. The fourth-order valence-electron chi connectivity index (χ4n) is 3.08. The molecule has 0 heterocycles. The lowest BCUT2D eigenvalue weighted by molar-refractivity contribution is -0.137. The van der Waals surface area contributed by atoms with Gasteiger partial charge in [-0.25, -0.2) is 0 Å². The molecule has 31 heavy (non-hydrogen) atoms. The molecule has 9 heteroatoms. The van der Waals surface area contributed by atoms with Crippen LogP contribution in [0, 0.1) is 0 Å². The van der Waals surface area contributed by atoms with E-state index in [9.17, 15) is 22.8 Å². The van der Waals surface area contributed by atoms with E-state index in [0.29, 0.717) is 11.3 Å². The van der Waals surface area contributed by atoms with Gasteiger partial charge >= 0.3 is 6.18 Å². The lowest BCUT2D eigenvalue weighted by atomic mass is 10.1. The standard InChI is InChI=1S/C22H25F3N2O4/c1-15(27(16(2)29)20-6-4-3-5-19(20)22(23,24)25)11-12-26-21(30)14-31-18-9-7-17(13-28)8-10-18/h3-10,15,28H,11-14H2,1-2H3,(H,26,30)/t15-/m0/s1. The molecule has 2 rings (SSSR count). The van der Waals surface area contributed by atoms with Crippen LogP contribution in [-0.4, -0.2) is 36.1 Å². The van der Waals surface area contributed by atoms with E-state index in [1.54, 1.807) is 31.2 Å². The van der Waals surface area contributed by atoms with Gasteiger partial charge < -0.3 is 20.1 Å². The molecule has 0 aliphatic heterocycles. The lowest BCUT2D eigenvalue weighted by Crippen LogP contribution is -2.41. The Kier molecular flexibility index (Phi) is 8.44. The second kappa shape index (κ2) is 10.8. The zero-order valence-electron chi connectivity index (χ0n) is 17.3. The normalized spacial score (nSPS) is 12.2. The van der Waals surface area contributed by atoms with Crippen molar-refractivity contribution in [2.24, 2.45) is 0 Å². The molecule has 1 atom stereocenters. The predicted molar refractivity (Wildman–Crippen MR) is 110 cm³/mol. The van der Waals surface area contributed by atoms with Gasteiger partial charge in [0.2, 0.25) is 5.91 Å². The first-order chi connectivity index (χ1) is 14.6. The van der Waals surface area contributed by atoms with Gasteiger partial charge in [-0.3, -0.25) is 9.59 Å². The number of carbonyl (C=O) groups is 2. The Labute approximate surface area is 178 Å². The van der Waals surface area contributed by atoms with E-state index in [4.69, 9.17) is 9.84 Å². The van der Waals surface area contributed by atoms with Gasteiger partial charge in [-0.1, -0.05) is 24.3 Å². The maximum atomic E-state index is 13.3. The van der Waals surface area contributed by atoms with Gasteiger partial charge in [0, 0.05) is 19.5 Å². The zero-order chi connectivity index (χ0) is 23.0. The SMILES string of the molecule is CC(=O)N(c1ccccc1C(F)(F)F)[C@@H](C)CCNC(=O)COc1ccc(CO)cc1. The van der Waals surface area contributed by atoms with Crippen molar-refractivity contribution in [3.05, 3.63) is 59.7 Å². The van der Waals surface area contributed by atoms with Crippen LogP contribution in [0.15, 0.2) is 48.5 Å². The van der Waals surface area contributed by atoms with Crippen LogP contribution in [0.5, 0.6) is 5.75 Å². The fourth-order valence-corrected chi connectivity index (χ4v) is 3.08. The summed E-state index contributed by atoms with van der Waals surface area (Å²) in [7, 11) is 0. The zero-order valence-corrected chi connectivity index (χ0v) is 17.3. The molecule has 2 aromatic rings. The number of alkyl halides is 3. The summed E-state index contributed by atoms with van der Waals surface area (Å²) < 4.78 is 45.4. The Bertz CT molecular complexity index is 885. The minimum atomic E-state index is -4.59. The Morgan fingerprint density at radius 2 is 1.77 bits per heavy atom. The van der Waals surface area contributed by atoms with Gasteiger partial charge in [0.1, 0.15) is 5.75 Å². The van der Waals surface area contributed by atoms with Crippen molar-refractivity contribution in [2.45, 2.75) is 39.1 Å².